The van der Waals surface area contributed by atoms with Gasteiger partial charge in [-0.2, -0.15) is 0 Å². The minimum atomic E-state index is -0.819. The van der Waals surface area contributed by atoms with E-state index in [4.69, 9.17) is 9.84 Å². The number of ether oxygens (including phenoxy) is 1. The molecule has 2 N–H and O–H groups in total. The highest BCUT2D eigenvalue weighted by atomic mass is 16.6. The van der Waals surface area contributed by atoms with Crippen molar-refractivity contribution in [3.63, 3.8) is 0 Å². The summed E-state index contributed by atoms with van der Waals surface area (Å²) in [6.07, 6.45) is 4.83. The molecule has 5 heteroatoms. The Morgan fingerprint density at radius 3 is 2.25 bits per heavy atom. The van der Waals surface area contributed by atoms with Gasteiger partial charge in [0.15, 0.2) is 0 Å². The van der Waals surface area contributed by atoms with E-state index in [1.165, 1.54) is 0 Å². The molecule has 1 fully saturated rings. The summed E-state index contributed by atoms with van der Waals surface area (Å²) in [6, 6.07) is 0. The molecule has 0 aromatic heterocycles. The zero-order valence-corrected chi connectivity index (χ0v) is 13.0. The van der Waals surface area contributed by atoms with Crippen LogP contribution in [0.1, 0.15) is 66.2 Å². The fourth-order valence-corrected chi connectivity index (χ4v) is 2.80. The Hall–Kier alpha value is -1.26. The van der Waals surface area contributed by atoms with E-state index < -0.39 is 29.1 Å². The molecule has 1 atom stereocenters. The molecule has 0 heterocycles. The first kappa shape index (κ1) is 16.8. The Balaban J connectivity index is 2.73. The van der Waals surface area contributed by atoms with Crippen LogP contribution in [0, 0.1) is 5.92 Å². The quantitative estimate of drug-likeness (QED) is 0.830. The summed E-state index contributed by atoms with van der Waals surface area (Å²) in [5, 5.41) is 12.1. The predicted octanol–water partition coefficient (Wildman–Crippen LogP) is 3.32. The van der Waals surface area contributed by atoms with Crippen LogP contribution in [0.2, 0.25) is 0 Å². The molecule has 0 radical (unpaired) electrons. The summed E-state index contributed by atoms with van der Waals surface area (Å²) in [5.41, 5.74) is -0.975. The number of hydrogen-bond acceptors (Lipinski definition) is 3. The van der Waals surface area contributed by atoms with Gasteiger partial charge in [0.25, 0.3) is 0 Å². The van der Waals surface area contributed by atoms with Crippen LogP contribution in [0.3, 0.4) is 0 Å². The Morgan fingerprint density at radius 2 is 1.80 bits per heavy atom. The Labute approximate surface area is 121 Å². The maximum Gasteiger partial charge on any atom is 0.408 e. The summed E-state index contributed by atoms with van der Waals surface area (Å²) in [4.78, 5) is 23.1. The third-order valence-electron chi connectivity index (χ3n) is 3.70. The molecule has 1 saturated carbocycles. The second-order valence-electron chi connectivity index (χ2n) is 6.91. The van der Waals surface area contributed by atoms with Gasteiger partial charge in [0.1, 0.15) is 5.60 Å². The van der Waals surface area contributed by atoms with Crippen LogP contribution in [0.15, 0.2) is 0 Å². The van der Waals surface area contributed by atoms with Crippen molar-refractivity contribution in [3.05, 3.63) is 0 Å². The first-order valence-electron chi connectivity index (χ1n) is 7.38. The summed E-state index contributed by atoms with van der Waals surface area (Å²) in [5.74, 6) is -1.29. The minimum absolute atomic E-state index is 0.432. The second-order valence-corrected chi connectivity index (χ2v) is 6.91. The average molecular weight is 285 g/mol. The van der Waals surface area contributed by atoms with Gasteiger partial charge in [-0.3, -0.25) is 4.79 Å². The van der Waals surface area contributed by atoms with Crippen LogP contribution in [0.4, 0.5) is 4.79 Å². The van der Waals surface area contributed by atoms with E-state index in [0.29, 0.717) is 6.42 Å². The number of aliphatic carboxylic acids is 1. The lowest BCUT2D eigenvalue weighted by molar-refractivity contribution is -0.142. The van der Waals surface area contributed by atoms with Gasteiger partial charge in [-0.1, -0.05) is 26.2 Å². The van der Waals surface area contributed by atoms with Crippen molar-refractivity contribution in [2.45, 2.75) is 77.4 Å². The van der Waals surface area contributed by atoms with E-state index in [-0.39, 0.29) is 0 Å². The minimum Gasteiger partial charge on any atom is -0.481 e. The molecule has 116 valence electrons. The summed E-state index contributed by atoms with van der Waals surface area (Å²) >= 11 is 0. The zero-order valence-electron chi connectivity index (χ0n) is 13.0. The van der Waals surface area contributed by atoms with Gasteiger partial charge in [-0.05, 0) is 40.0 Å². The fourth-order valence-electron chi connectivity index (χ4n) is 2.80. The molecule has 5 nitrogen and oxygen atoms in total. The van der Waals surface area contributed by atoms with E-state index in [1.54, 1.807) is 6.92 Å². The molecule has 20 heavy (non-hydrogen) atoms. The molecular weight excluding hydrogens is 258 g/mol. The van der Waals surface area contributed by atoms with Crippen molar-refractivity contribution >= 4 is 12.1 Å². The number of hydrogen-bond donors (Lipinski definition) is 2. The van der Waals surface area contributed by atoms with Gasteiger partial charge in [0.2, 0.25) is 0 Å². The fraction of sp³-hybridized carbons (Fsp3) is 0.867. The normalized spacial score (nSPS) is 20.0. The second kappa shape index (κ2) is 6.46. The number of rotatable bonds is 4. The van der Waals surface area contributed by atoms with Crippen molar-refractivity contribution < 1.29 is 19.4 Å². The Kier molecular flexibility index (Phi) is 5.42. The highest BCUT2D eigenvalue weighted by Crippen LogP contribution is 2.34. The van der Waals surface area contributed by atoms with Crippen molar-refractivity contribution in [1.29, 1.82) is 0 Å². The lowest BCUT2D eigenvalue weighted by Gasteiger charge is -2.39. The first-order valence-corrected chi connectivity index (χ1v) is 7.38. The molecular formula is C15H27NO4. The molecule has 1 amide bonds. The van der Waals surface area contributed by atoms with Gasteiger partial charge in [-0.15, -0.1) is 0 Å². The maximum atomic E-state index is 12.0. The van der Waals surface area contributed by atoms with Crippen molar-refractivity contribution in [2.75, 3.05) is 0 Å². The van der Waals surface area contributed by atoms with E-state index in [9.17, 15) is 9.59 Å². The number of carboxylic acid groups (broad SMARTS) is 1. The predicted molar refractivity (Wildman–Crippen MR) is 76.6 cm³/mol. The number of carbonyl (C=O) groups excluding carboxylic acids is 1. The number of nitrogens with one attached hydrogen (secondary N) is 1. The topological polar surface area (TPSA) is 75.6 Å². The Bertz CT molecular complexity index is 353. The molecule has 0 aliphatic heterocycles. The lowest BCUT2D eigenvalue weighted by Crippen LogP contribution is -2.52. The summed E-state index contributed by atoms with van der Waals surface area (Å²) < 4.78 is 5.31. The summed E-state index contributed by atoms with van der Waals surface area (Å²) in [6.45, 7) is 7.15. The highest BCUT2D eigenvalue weighted by molar-refractivity contribution is 5.71. The van der Waals surface area contributed by atoms with Gasteiger partial charge in [0.05, 0.1) is 5.92 Å². The summed E-state index contributed by atoms with van der Waals surface area (Å²) in [7, 11) is 0. The first-order chi connectivity index (χ1) is 9.14. The van der Waals surface area contributed by atoms with Crippen LogP contribution in [-0.4, -0.2) is 28.3 Å². The van der Waals surface area contributed by atoms with E-state index in [1.807, 2.05) is 20.8 Å². The van der Waals surface area contributed by atoms with Crippen LogP contribution >= 0.6 is 0 Å². The standard InChI is InChI=1S/C15H27NO4/c1-11(12(17)18)10-15(8-6-5-7-9-15)16-13(19)20-14(2,3)4/h11H,5-10H2,1-4H3,(H,16,19)(H,17,18). The van der Waals surface area contributed by atoms with Crippen molar-refractivity contribution in [1.82, 2.24) is 5.32 Å². The van der Waals surface area contributed by atoms with Gasteiger partial charge in [0, 0.05) is 5.54 Å². The SMILES string of the molecule is CC(CC1(NC(=O)OC(C)(C)C)CCCCC1)C(=O)O. The number of carboxylic acids is 1. The van der Waals surface area contributed by atoms with Crippen molar-refractivity contribution in [3.8, 4) is 0 Å². The molecule has 1 aliphatic rings. The molecule has 1 aliphatic carbocycles. The molecule has 0 spiro atoms. The Morgan fingerprint density at radius 1 is 1.25 bits per heavy atom. The monoisotopic (exact) mass is 285 g/mol. The van der Waals surface area contributed by atoms with E-state index >= 15 is 0 Å². The van der Waals surface area contributed by atoms with Crippen LogP contribution in [0.25, 0.3) is 0 Å². The number of carbonyl (C=O) groups is 2. The lowest BCUT2D eigenvalue weighted by atomic mass is 9.76. The van der Waals surface area contributed by atoms with Crippen molar-refractivity contribution in [2.24, 2.45) is 5.92 Å². The third-order valence-corrected chi connectivity index (χ3v) is 3.70. The molecule has 0 aromatic carbocycles. The molecule has 1 rings (SSSR count). The smallest absolute Gasteiger partial charge is 0.408 e. The third kappa shape index (κ3) is 5.39. The molecule has 0 aromatic rings. The van der Waals surface area contributed by atoms with Gasteiger partial charge in [-0.25, -0.2) is 4.79 Å². The number of amides is 1. The van der Waals surface area contributed by atoms with E-state index in [2.05, 4.69) is 5.32 Å². The molecule has 0 saturated heterocycles. The van der Waals surface area contributed by atoms with E-state index in [0.717, 1.165) is 32.1 Å². The van der Waals surface area contributed by atoms with Gasteiger partial charge >= 0.3 is 12.1 Å². The van der Waals surface area contributed by atoms with Crippen LogP contribution in [0.5, 0.6) is 0 Å². The molecule has 0 bridgehead atoms. The van der Waals surface area contributed by atoms with Crippen LogP contribution in [-0.2, 0) is 9.53 Å². The average Bonchev–Trinajstić information content (AvgIpc) is 2.26. The number of alkyl carbamates (subject to hydrolysis) is 1. The van der Waals surface area contributed by atoms with Gasteiger partial charge < -0.3 is 15.2 Å². The largest absolute Gasteiger partial charge is 0.481 e. The molecule has 1 unspecified atom stereocenters. The maximum absolute atomic E-state index is 12.0. The zero-order chi connectivity index (χ0) is 15.4. The van der Waals surface area contributed by atoms with Crippen LogP contribution < -0.4 is 5.32 Å². The highest BCUT2D eigenvalue weighted by Gasteiger charge is 2.37.